The van der Waals surface area contributed by atoms with Crippen LogP contribution in [0.5, 0.6) is 5.75 Å². The number of carbonyl (C=O) groups excluding carboxylic acids is 4. The van der Waals surface area contributed by atoms with Gasteiger partial charge in [0.15, 0.2) is 6.61 Å². The molecule has 2 saturated heterocycles. The molecule has 3 amide bonds. The summed E-state index contributed by atoms with van der Waals surface area (Å²) in [5, 5.41) is 10.3. The van der Waals surface area contributed by atoms with Crippen molar-refractivity contribution in [1.29, 1.82) is 0 Å². The van der Waals surface area contributed by atoms with Crippen LogP contribution in [0.2, 0.25) is 0 Å². The van der Waals surface area contributed by atoms with Crippen molar-refractivity contribution in [2.24, 2.45) is 11.8 Å². The van der Waals surface area contributed by atoms with Crippen LogP contribution in [-0.2, 0) is 28.7 Å². The molecule has 1 aromatic rings. The Bertz CT molecular complexity index is 1050. The monoisotopic (exact) mass is 545 g/mol. The summed E-state index contributed by atoms with van der Waals surface area (Å²) in [6.45, 7) is 4.01. The summed E-state index contributed by atoms with van der Waals surface area (Å²) in [5.74, 6) is -5.36. The van der Waals surface area contributed by atoms with Gasteiger partial charge in [0, 0.05) is 26.2 Å². The lowest BCUT2D eigenvalue weighted by Crippen LogP contribution is -2.58. The highest BCUT2D eigenvalue weighted by atomic mass is 19.4. The molecule has 11 nitrogen and oxygen atoms in total. The molecule has 2 fully saturated rings. The number of nitrogens with zero attached hydrogens (tertiary/aromatic N) is 2. The van der Waals surface area contributed by atoms with Crippen molar-refractivity contribution in [3.8, 4) is 5.75 Å². The first-order valence-electron chi connectivity index (χ1n) is 11.7. The second-order valence-corrected chi connectivity index (χ2v) is 8.64. The van der Waals surface area contributed by atoms with Gasteiger partial charge in [-0.1, -0.05) is 25.1 Å². The smallest absolute Gasteiger partial charge is 0.484 e. The molecule has 0 aromatic heterocycles. The Morgan fingerprint density at radius 3 is 2.18 bits per heavy atom. The van der Waals surface area contributed by atoms with Crippen molar-refractivity contribution in [2.45, 2.75) is 38.0 Å². The van der Waals surface area contributed by atoms with Crippen LogP contribution >= 0.6 is 0 Å². The first kappa shape index (κ1) is 30.5. The Labute approximate surface area is 216 Å². The number of rotatable bonds is 8. The minimum Gasteiger partial charge on any atom is -0.484 e. The maximum atomic E-state index is 12.9. The number of carboxylic acid groups (broad SMARTS) is 1. The van der Waals surface area contributed by atoms with Gasteiger partial charge in [-0.2, -0.15) is 13.2 Å². The Morgan fingerprint density at radius 2 is 1.71 bits per heavy atom. The summed E-state index contributed by atoms with van der Waals surface area (Å²) in [6.07, 6.45) is -4.80. The number of alkyl halides is 3. The van der Waals surface area contributed by atoms with Crippen molar-refractivity contribution >= 4 is 29.7 Å². The molecule has 3 rings (SSSR count). The number of ether oxygens (including phenoxy) is 2. The molecule has 210 valence electrons. The molecule has 0 aliphatic carbocycles. The highest BCUT2D eigenvalue weighted by Crippen LogP contribution is 2.44. The standard InChI is InChI=1S/C22H29N3O6.C2HF3O2/c1-5-22(21(29)30-4)18-17(19(27)24(3)20(18)28)15(23-22)12-25(6-2)16(26)13-31-14-10-8-7-9-11-14;3-2(4,5)1(6)7/h7-11,15,17-18,23H,5-6,12-13H2,1-4H3;(H,6,7)/t15-,17+,18-,22-;/m1./s1. The number of nitrogens with one attached hydrogen (secondary N) is 1. The number of fused-ring (bicyclic) bond motifs is 1. The predicted octanol–water partition coefficient (Wildman–Crippen LogP) is 1.07. The Balaban J connectivity index is 0.000000638. The van der Waals surface area contributed by atoms with Gasteiger partial charge in [0.2, 0.25) is 11.8 Å². The second-order valence-electron chi connectivity index (χ2n) is 8.64. The maximum absolute atomic E-state index is 12.9. The van der Waals surface area contributed by atoms with Crippen LogP contribution in [0.1, 0.15) is 20.3 Å². The molecule has 2 heterocycles. The van der Waals surface area contributed by atoms with Crippen LogP contribution in [0.15, 0.2) is 30.3 Å². The number of halogens is 3. The van der Waals surface area contributed by atoms with Gasteiger partial charge in [-0.25, -0.2) is 4.79 Å². The third kappa shape index (κ3) is 6.23. The van der Waals surface area contributed by atoms with Crippen molar-refractivity contribution in [3.63, 3.8) is 0 Å². The topological polar surface area (TPSA) is 143 Å². The fourth-order valence-corrected chi connectivity index (χ4v) is 4.66. The van der Waals surface area contributed by atoms with E-state index < -0.39 is 47.4 Å². The van der Waals surface area contributed by atoms with E-state index in [1.165, 1.54) is 14.2 Å². The molecule has 38 heavy (non-hydrogen) atoms. The number of imide groups is 1. The van der Waals surface area contributed by atoms with Crippen LogP contribution in [0.3, 0.4) is 0 Å². The number of likely N-dealkylation sites (tertiary alicyclic amines) is 1. The van der Waals surface area contributed by atoms with Gasteiger partial charge in [-0.05, 0) is 25.5 Å². The number of likely N-dealkylation sites (N-methyl/N-ethyl adjacent to an activating group) is 1. The molecule has 1 aromatic carbocycles. The normalized spacial score (nSPS) is 24.3. The predicted molar refractivity (Wildman–Crippen MR) is 125 cm³/mol. The van der Waals surface area contributed by atoms with E-state index >= 15 is 0 Å². The molecule has 2 N–H and O–H groups in total. The van der Waals surface area contributed by atoms with Gasteiger partial charge in [-0.15, -0.1) is 0 Å². The van der Waals surface area contributed by atoms with Crippen LogP contribution in [-0.4, -0.2) is 96.2 Å². The Hall–Kier alpha value is -3.68. The SMILES string of the molecule is CCN(C[C@H]1N[C@@](CC)(C(=O)OC)[C@H]2C(=O)N(C)C(=O)[C@@H]12)C(=O)COc1ccccc1.O=C(O)C(F)(F)F. The van der Waals surface area contributed by atoms with Gasteiger partial charge in [0.25, 0.3) is 5.91 Å². The molecule has 2 aliphatic rings. The van der Waals surface area contributed by atoms with E-state index in [0.717, 1.165) is 4.90 Å². The van der Waals surface area contributed by atoms with E-state index in [1.807, 2.05) is 25.1 Å². The first-order valence-corrected chi connectivity index (χ1v) is 11.7. The Morgan fingerprint density at radius 1 is 1.13 bits per heavy atom. The number of carboxylic acids is 1. The number of benzene rings is 1. The largest absolute Gasteiger partial charge is 0.490 e. The third-order valence-corrected chi connectivity index (χ3v) is 6.59. The van der Waals surface area contributed by atoms with E-state index in [-0.39, 0.29) is 31.4 Å². The number of esters is 1. The minimum atomic E-state index is -5.08. The molecule has 4 atom stereocenters. The van der Waals surface area contributed by atoms with Gasteiger partial charge in [-0.3, -0.25) is 29.4 Å². The minimum absolute atomic E-state index is 0.151. The summed E-state index contributed by atoms with van der Waals surface area (Å²) in [4.78, 5) is 62.7. The van der Waals surface area contributed by atoms with Crippen LogP contribution < -0.4 is 10.1 Å². The highest BCUT2D eigenvalue weighted by molar-refractivity contribution is 6.09. The molecule has 14 heteroatoms. The molecule has 0 spiro atoms. The lowest BCUT2D eigenvalue weighted by Gasteiger charge is -2.32. The van der Waals surface area contributed by atoms with Crippen molar-refractivity contribution < 1.29 is 51.7 Å². The Kier molecular flexibility index (Phi) is 9.84. The molecular formula is C24H30F3N3O8. The van der Waals surface area contributed by atoms with E-state index in [1.54, 1.807) is 24.0 Å². The zero-order valence-electron chi connectivity index (χ0n) is 21.3. The molecular weight excluding hydrogens is 515 g/mol. The highest BCUT2D eigenvalue weighted by Gasteiger charge is 2.67. The van der Waals surface area contributed by atoms with E-state index in [0.29, 0.717) is 12.3 Å². The number of methoxy groups -OCH3 is 1. The lowest BCUT2D eigenvalue weighted by atomic mass is 9.78. The van der Waals surface area contributed by atoms with Gasteiger partial charge in [0.1, 0.15) is 11.3 Å². The third-order valence-electron chi connectivity index (χ3n) is 6.59. The van der Waals surface area contributed by atoms with Crippen molar-refractivity contribution in [3.05, 3.63) is 30.3 Å². The number of para-hydroxylation sites is 1. The van der Waals surface area contributed by atoms with Gasteiger partial charge in [0.05, 0.1) is 18.9 Å². The summed E-state index contributed by atoms with van der Waals surface area (Å²) in [6, 6.07) is 8.44. The molecule has 0 saturated carbocycles. The molecule has 0 radical (unpaired) electrons. The number of aliphatic carboxylic acids is 1. The van der Waals surface area contributed by atoms with Crippen molar-refractivity contribution in [2.75, 3.05) is 33.9 Å². The average molecular weight is 546 g/mol. The van der Waals surface area contributed by atoms with Gasteiger partial charge < -0.3 is 19.5 Å². The molecule has 0 bridgehead atoms. The first-order chi connectivity index (χ1) is 17.7. The zero-order valence-corrected chi connectivity index (χ0v) is 21.3. The number of hydrogen-bond donors (Lipinski definition) is 2. The summed E-state index contributed by atoms with van der Waals surface area (Å²) >= 11 is 0. The van der Waals surface area contributed by atoms with E-state index in [9.17, 15) is 32.3 Å². The molecule has 0 unspecified atom stereocenters. The maximum Gasteiger partial charge on any atom is 0.490 e. The van der Waals surface area contributed by atoms with E-state index in [4.69, 9.17) is 19.4 Å². The fraction of sp³-hybridized carbons (Fsp3) is 0.542. The molecule has 2 aliphatic heterocycles. The van der Waals surface area contributed by atoms with Crippen LogP contribution in [0.25, 0.3) is 0 Å². The quantitative estimate of drug-likeness (QED) is 0.362. The fourth-order valence-electron chi connectivity index (χ4n) is 4.66. The second kappa shape index (κ2) is 12.2. The number of carbonyl (C=O) groups is 5. The van der Waals surface area contributed by atoms with E-state index in [2.05, 4.69) is 5.32 Å². The van der Waals surface area contributed by atoms with Crippen LogP contribution in [0, 0.1) is 11.8 Å². The number of amides is 3. The van der Waals surface area contributed by atoms with Crippen LogP contribution in [0.4, 0.5) is 13.2 Å². The number of hydrogen-bond acceptors (Lipinski definition) is 8. The summed E-state index contributed by atoms with van der Waals surface area (Å²) in [5.41, 5.74) is -1.30. The van der Waals surface area contributed by atoms with Gasteiger partial charge >= 0.3 is 18.1 Å². The summed E-state index contributed by atoms with van der Waals surface area (Å²) < 4.78 is 42.3. The zero-order chi connectivity index (χ0) is 28.8. The van der Waals surface area contributed by atoms with Crippen molar-refractivity contribution in [1.82, 2.24) is 15.1 Å². The summed E-state index contributed by atoms with van der Waals surface area (Å²) in [7, 11) is 2.69. The average Bonchev–Trinajstić information content (AvgIpc) is 3.34. The lowest BCUT2D eigenvalue weighted by molar-refractivity contribution is -0.192.